The summed E-state index contributed by atoms with van der Waals surface area (Å²) in [5.74, 6) is 0.809. The van der Waals surface area contributed by atoms with E-state index in [1.807, 2.05) is 57.0 Å². The van der Waals surface area contributed by atoms with Gasteiger partial charge in [0.1, 0.15) is 11.4 Å². The summed E-state index contributed by atoms with van der Waals surface area (Å²) in [6.07, 6.45) is 9.17. The van der Waals surface area contributed by atoms with E-state index < -0.39 is 5.60 Å². The van der Waals surface area contributed by atoms with Gasteiger partial charge in [0.25, 0.3) is 0 Å². The van der Waals surface area contributed by atoms with Crippen LogP contribution >= 0.6 is 11.5 Å². The summed E-state index contributed by atoms with van der Waals surface area (Å²) in [6, 6.07) is 8.50. The molecule has 1 aliphatic heterocycles. The predicted molar refractivity (Wildman–Crippen MR) is 145 cm³/mol. The van der Waals surface area contributed by atoms with Gasteiger partial charge in [0.15, 0.2) is 5.58 Å². The number of amides is 1. The third kappa shape index (κ3) is 4.48. The van der Waals surface area contributed by atoms with E-state index in [1.165, 1.54) is 11.5 Å². The molecule has 1 aromatic carbocycles. The monoisotopic (exact) mass is 515 g/mol. The standard InChI is InChI=1S/C28H29N5O3S/c1-17-25-22(12-24(35-25)21-7-5-6-18-14-31-37-26(18)21)23(15-29-17)19-13-30-33(16-19)20-8-10-32(11-9-20)27(34)36-28(2,3)4/h5-7,12-16,20H,8-11H2,1-4H3. The Hall–Kier alpha value is -3.72. The number of ether oxygens (including phenoxy) is 1. The van der Waals surface area contributed by atoms with Crippen molar-refractivity contribution in [2.45, 2.75) is 52.2 Å². The fourth-order valence-corrected chi connectivity index (χ4v) is 5.68. The van der Waals surface area contributed by atoms with Crippen molar-refractivity contribution in [2.75, 3.05) is 13.1 Å². The lowest BCUT2D eigenvalue weighted by Crippen LogP contribution is -2.42. The van der Waals surface area contributed by atoms with Crippen LogP contribution in [0.25, 0.3) is 43.5 Å². The molecule has 0 bridgehead atoms. The molecule has 8 nitrogen and oxygen atoms in total. The normalized spacial score (nSPS) is 15.1. The molecule has 37 heavy (non-hydrogen) atoms. The van der Waals surface area contributed by atoms with Gasteiger partial charge in [-0.05, 0) is 64.2 Å². The van der Waals surface area contributed by atoms with Crippen LogP contribution in [0.4, 0.5) is 4.79 Å². The van der Waals surface area contributed by atoms with Crippen molar-refractivity contribution in [1.82, 2.24) is 24.0 Å². The number of pyridine rings is 1. The van der Waals surface area contributed by atoms with Gasteiger partial charge < -0.3 is 14.1 Å². The summed E-state index contributed by atoms with van der Waals surface area (Å²) < 4.78 is 19.4. The number of hydrogen-bond donors (Lipinski definition) is 0. The number of nitrogens with zero attached hydrogens (tertiary/aromatic N) is 5. The van der Waals surface area contributed by atoms with E-state index in [2.05, 4.69) is 33.8 Å². The quantitative estimate of drug-likeness (QED) is 0.261. The van der Waals surface area contributed by atoms with E-state index in [0.717, 1.165) is 62.0 Å². The molecule has 190 valence electrons. The van der Waals surface area contributed by atoms with E-state index in [4.69, 9.17) is 14.3 Å². The zero-order chi connectivity index (χ0) is 25.7. The molecule has 6 rings (SSSR count). The SMILES string of the molecule is Cc1ncc(-c2cnn(C3CCN(C(=O)OC(C)(C)C)CC3)c2)c2cc(-c3cccc4cnsc34)oc12. The minimum Gasteiger partial charge on any atom is -0.454 e. The first-order valence-corrected chi connectivity index (χ1v) is 13.3. The first-order chi connectivity index (χ1) is 17.8. The van der Waals surface area contributed by atoms with Gasteiger partial charge in [-0.1, -0.05) is 12.1 Å². The van der Waals surface area contributed by atoms with Crippen LogP contribution in [0.5, 0.6) is 0 Å². The second kappa shape index (κ2) is 8.99. The van der Waals surface area contributed by atoms with Gasteiger partial charge in [-0.15, -0.1) is 0 Å². The number of aromatic nitrogens is 4. The number of aryl methyl sites for hydroxylation is 1. The van der Waals surface area contributed by atoms with Gasteiger partial charge in [-0.2, -0.15) is 9.47 Å². The summed E-state index contributed by atoms with van der Waals surface area (Å²) >= 11 is 1.48. The largest absolute Gasteiger partial charge is 0.454 e. The Balaban J connectivity index is 1.26. The van der Waals surface area contributed by atoms with E-state index in [1.54, 1.807) is 4.90 Å². The Morgan fingerprint density at radius 2 is 1.95 bits per heavy atom. The maximum absolute atomic E-state index is 12.4. The lowest BCUT2D eigenvalue weighted by Gasteiger charge is -2.33. The highest BCUT2D eigenvalue weighted by Crippen LogP contribution is 2.39. The minimum absolute atomic E-state index is 0.227. The van der Waals surface area contributed by atoms with Crippen molar-refractivity contribution in [3.8, 4) is 22.5 Å². The van der Waals surface area contributed by atoms with Crippen LogP contribution in [0.3, 0.4) is 0 Å². The van der Waals surface area contributed by atoms with Gasteiger partial charge >= 0.3 is 6.09 Å². The van der Waals surface area contributed by atoms with Crippen LogP contribution in [0.1, 0.15) is 45.3 Å². The average molecular weight is 516 g/mol. The Labute approximate surface area is 219 Å². The van der Waals surface area contributed by atoms with Crippen molar-refractivity contribution >= 4 is 38.7 Å². The second-order valence-corrected chi connectivity index (χ2v) is 11.4. The highest BCUT2D eigenvalue weighted by atomic mass is 32.1. The molecule has 4 aromatic heterocycles. The number of benzene rings is 1. The van der Waals surface area contributed by atoms with Crippen molar-refractivity contribution in [3.05, 3.63) is 54.7 Å². The number of carbonyl (C=O) groups excluding carboxylic acids is 1. The second-order valence-electron chi connectivity index (χ2n) is 10.6. The zero-order valence-electron chi connectivity index (χ0n) is 21.4. The van der Waals surface area contributed by atoms with E-state index >= 15 is 0 Å². The fraction of sp³-hybridized carbons (Fsp3) is 0.357. The first-order valence-electron chi connectivity index (χ1n) is 12.5. The van der Waals surface area contributed by atoms with E-state index in [-0.39, 0.29) is 12.1 Å². The molecule has 5 aromatic rings. The Kier molecular flexibility index (Phi) is 5.75. The minimum atomic E-state index is -0.488. The highest BCUT2D eigenvalue weighted by Gasteiger charge is 2.28. The van der Waals surface area contributed by atoms with Crippen LogP contribution in [0, 0.1) is 6.92 Å². The van der Waals surface area contributed by atoms with E-state index in [0.29, 0.717) is 13.1 Å². The van der Waals surface area contributed by atoms with Gasteiger partial charge in [0.2, 0.25) is 0 Å². The summed E-state index contributed by atoms with van der Waals surface area (Å²) in [7, 11) is 0. The molecule has 1 saturated heterocycles. The van der Waals surface area contributed by atoms with Crippen molar-refractivity contribution < 1.29 is 13.9 Å². The summed E-state index contributed by atoms with van der Waals surface area (Å²) in [5, 5.41) is 6.82. The number of fused-ring (bicyclic) bond motifs is 2. The molecule has 5 heterocycles. The average Bonchev–Trinajstić information content (AvgIpc) is 3.62. The summed E-state index contributed by atoms with van der Waals surface area (Å²) in [5.41, 5.74) is 4.17. The molecule has 1 aliphatic rings. The molecule has 0 N–H and O–H groups in total. The number of furan rings is 1. The molecule has 0 saturated carbocycles. The smallest absolute Gasteiger partial charge is 0.410 e. The lowest BCUT2D eigenvalue weighted by molar-refractivity contribution is 0.0185. The maximum atomic E-state index is 12.4. The van der Waals surface area contributed by atoms with Crippen LogP contribution < -0.4 is 0 Å². The van der Waals surface area contributed by atoms with Gasteiger partial charge in [-0.3, -0.25) is 9.67 Å². The molecular formula is C28H29N5O3S. The highest BCUT2D eigenvalue weighted by molar-refractivity contribution is 7.13. The zero-order valence-corrected chi connectivity index (χ0v) is 22.2. The third-order valence-electron chi connectivity index (χ3n) is 6.79. The number of hydrogen-bond acceptors (Lipinski definition) is 7. The molecular weight excluding hydrogens is 486 g/mol. The summed E-state index contributed by atoms with van der Waals surface area (Å²) in [6.45, 7) is 8.95. The van der Waals surface area contributed by atoms with Crippen molar-refractivity contribution in [3.63, 3.8) is 0 Å². The molecule has 9 heteroatoms. The fourth-order valence-electron chi connectivity index (χ4n) is 4.92. The third-order valence-corrected chi connectivity index (χ3v) is 7.64. The number of carbonyl (C=O) groups is 1. The van der Waals surface area contributed by atoms with Crippen molar-refractivity contribution in [2.24, 2.45) is 0 Å². The molecule has 0 spiro atoms. The lowest BCUT2D eigenvalue weighted by atomic mass is 10.0. The van der Waals surface area contributed by atoms with Crippen LogP contribution in [-0.4, -0.2) is 48.8 Å². The van der Waals surface area contributed by atoms with E-state index in [9.17, 15) is 4.79 Å². The molecule has 0 radical (unpaired) electrons. The van der Waals surface area contributed by atoms with Gasteiger partial charge in [-0.25, -0.2) is 4.79 Å². The van der Waals surface area contributed by atoms with Crippen LogP contribution in [-0.2, 0) is 4.74 Å². The molecule has 0 unspecified atom stereocenters. The van der Waals surface area contributed by atoms with Gasteiger partial charge in [0.05, 0.1) is 22.6 Å². The topological polar surface area (TPSA) is 86.3 Å². The van der Waals surface area contributed by atoms with Gasteiger partial charge in [0, 0.05) is 59.1 Å². The molecule has 1 fully saturated rings. The molecule has 0 atom stereocenters. The van der Waals surface area contributed by atoms with Crippen LogP contribution in [0.15, 0.2) is 53.5 Å². The summed E-state index contributed by atoms with van der Waals surface area (Å²) in [4.78, 5) is 18.8. The molecule has 1 amide bonds. The Morgan fingerprint density at radius 1 is 1.14 bits per heavy atom. The Bertz CT molecular complexity index is 1600. The van der Waals surface area contributed by atoms with Crippen molar-refractivity contribution in [1.29, 1.82) is 0 Å². The van der Waals surface area contributed by atoms with Crippen LogP contribution in [0.2, 0.25) is 0 Å². The first kappa shape index (κ1) is 23.7. The number of piperidine rings is 1. The number of rotatable bonds is 3. The number of likely N-dealkylation sites (tertiary alicyclic amines) is 1. The Morgan fingerprint density at radius 3 is 2.73 bits per heavy atom. The maximum Gasteiger partial charge on any atom is 0.410 e. The predicted octanol–water partition coefficient (Wildman–Crippen LogP) is 6.85. The molecule has 0 aliphatic carbocycles.